The molecule has 1 unspecified atom stereocenters. The summed E-state index contributed by atoms with van der Waals surface area (Å²) in [5.74, 6) is -0.809. The number of rotatable bonds is 5. The Bertz CT molecular complexity index is 512. The number of hydrogen-bond donors (Lipinski definition) is 1. The number of halogens is 1. The van der Waals surface area contributed by atoms with E-state index in [0.29, 0.717) is 0 Å². The van der Waals surface area contributed by atoms with E-state index in [1.54, 1.807) is 6.08 Å². The molecule has 0 heterocycles. The number of nitrogens with one attached hydrogen (secondary N) is 1. The van der Waals surface area contributed by atoms with E-state index >= 15 is 0 Å². The van der Waals surface area contributed by atoms with Gasteiger partial charge in [0.2, 0.25) is 5.91 Å². The van der Waals surface area contributed by atoms with Crippen LogP contribution in [-0.4, -0.2) is 25.0 Å². The summed E-state index contributed by atoms with van der Waals surface area (Å²) < 4.78 is 5.57. The summed E-state index contributed by atoms with van der Waals surface area (Å²) in [6, 6.07) is 6.91. The van der Waals surface area contributed by atoms with E-state index in [9.17, 15) is 9.59 Å². The molecule has 20 heavy (non-hydrogen) atoms. The second-order valence-electron chi connectivity index (χ2n) is 4.61. The van der Waals surface area contributed by atoms with Crippen LogP contribution in [0.5, 0.6) is 0 Å². The highest BCUT2D eigenvalue weighted by Gasteiger charge is 2.23. The van der Waals surface area contributed by atoms with Gasteiger partial charge >= 0.3 is 5.97 Å². The molecule has 1 aromatic rings. The smallest absolute Gasteiger partial charge is 0.328 e. The van der Waals surface area contributed by atoms with Gasteiger partial charge in [-0.2, -0.15) is 0 Å². The van der Waals surface area contributed by atoms with Crippen molar-refractivity contribution in [2.75, 3.05) is 7.11 Å². The molecule has 0 saturated heterocycles. The summed E-state index contributed by atoms with van der Waals surface area (Å²) in [5, 5.41) is 2.64. The van der Waals surface area contributed by atoms with Crippen molar-refractivity contribution in [3.8, 4) is 0 Å². The van der Waals surface area contributed by atoms with Gasteiger partial charge in [-0.25, -0.2) is 4.79 Å². The van der Waals surface area contributed by atoms with Crippen LogP contribution < -0.4 is 5.32 Å². The van der Waals surface area contributed by atoms with Gasteiger partial charge in [-0.1, -0.05) is 48.0 Å². The van der Waals surface area contributed by atoms with Crippen LogP contribution in [0.4, 0.5) is 0 Å². The summed E-state index contributed by atoms with van der Waals surface area (Å²) in [7, 11) is 1.31. The summed E-state index contributed by atoms with van der Waals surface area (Å²) in [6.45, 7) is 3.69. The Kier molecular flexibility index (Phi) is 6.45. The van der Waals surface area contributed by atoms with Crippen LogP contribution in [0.15, 0.2) is 34.8 Å². The maximum atomic E-state index is 11.8. The van der Waals surface area contributed by atoms with Crippen LogP contribution in [0.1, 0.15) is 19.4 Å². The molecule has 0 fully saturated rings. The van der Waals surface area contributed by atoms with E-state index in [1.165, 1.54) is 13.2 Å². The Hall–Kier alpha value is -1.62. The van der Waals surface area contributed by atoms with E-state index in [1.807, 2.05) is 38.1 Å². The fourth-order valence-corrected chi connectivity index (χ4v) is 2.02. The van der Waals surface area contributed by atoms with Crippen LogP contribution in [0.2, 0.25) is 0 Å². The molecule has 1 N–H and O–H groups in total. The summed E-state index contributed by atoms with van der Waals surface area (Å²) in [5.41, 5.74) is 0.891. The maximum absolute atomic E-state index is 11.8. The minimum atomic E-state index is -0.642. The van der Waals surface area contributed by atoms with Crippen LogP contribution in [0.25, 0.3) is 6.08 Å². The van der Waals surface area contributed by atoms with Crippen molar-refractivity contribution >= 4 is 33.9 Å². The quantitative estimate of drug-likeness (QED) is 0.662. The lowest BCUT2D eigenvalue weighted by atomic mass is 10.0. The van der Waals surface area contributed by atoms with Gasteiger partial charge in [-0.05, 0) is 23.6 Å². The highest BCUT2D eigenvalue weighted by Crippen LogP contribution is 2.17. The third-order valence-corrected chi connectivity index (χ3v) is 3.46. The zero-order valence-electron chi connectivity index (χ0n) is 11.7. The molecular formula is C15H18BrNO3. The molecule has 4 nitrogen and oxygen atoms in total. The standard InChI is InChI=1S/C15H18BrNO3/c1-10(2)14(15(19)20-3)17-13(18)9-8-11-6-4-5-7-12(11)16/h4-10,14H,1-3H3,(H,17,18)/b9-8+. The van der Waals surface area contributed by atoms with Gasteiger partial charge in [-0.3, -0.25) is 4.79 Å². The Morgan fingerprint density at radius 1 is 1.30 bits per heavy atom. The van der Waals surface area contributed by atoms with Gasteiger partial charge in [0.15, 0.2) is 0 Å². The Morgan fingerprint density at radius 2 is 1.95 bits per heavy atom. The number of hydrogen-bond acceptors (Lipinski definition) is 3. The topological polar surface area (TPSA) is 55.4 Å². The molecule has 0 spiro atoms. The van der Waals surface area contributed by atoms with Crippen molar-refractivity contribution in [2.24, 2.45) is 5.92 Å². The lowest BCUT2D eigenvalue weighted by Crippen LogP contribution is -2.44. The Morgan fingerprint density at radius 3 is 2.50 bits per heavy atom. The highest BCUT2D eigenvalue weighted by atomic mass is 79.9. The van der Waals surface area contributed by atoms with E-state index in [2.05, 4.69) is 26.0 Å². The number of benzene rings is 1. The van der Waals surface area contributed by atoms with Gasteiger partial charge < -0.3 is 10.1 Å². The molecule has 0 radical (unpaired) electrons. The fourth-order valence-electron chi connectivity index (χ4n) is 1.60. The SMILES string of the molecule is COC(=O)C(NC(=O)/C=C/c1ccccc1Br)C(C)C. The molecule has 0 aliphatic heterocycles. The lowest BCUT2D eigenvalue weighted by Gasteiger charge is -2.18. The Labute approximate surface area is 127 Å². The van der Waals surface area contributed by atoms with Crippen molar-refractivity contribution < 1.29 is 14.3 Å². The van der Waals surface area contributed by atoms with E-state index in [4.69, 9.17) is 0 Å². The van der Waals surface area contributed by atoms with E-state index in [0.717, 1.165) is 10.0 Å². The first kappa shape index (κ1) is 16.4. The number of carbonyl (C=O) groups is 2. The first-order valence-electron chi connectivity index (χ1n) is 6.26. The van der Waals surface area contributed by atoms with Crippen LogP contribution in [-0.2, 0) is 14.3 Å². The minimum Gasteiger partial charge on any atom is -0.467 e. The van der Waals surface area contributed by atoms with Crippen molar-refractivity contribution in [2.45, 2.75) is 19.9 Å². The highest BCUT2D eigenvalue weighted by molar-refractivity contribution is 9.10. The predicted molar refractivity (Wildman–Crippen MR) is 82.0 cm³/mol. The number of esters is 1. The van der Waals surface area contributed by atoms with Crippen molar-refractivity contribution in [1.29, 1.82) is 0 Å². The second kappa shape index (κ2) is 7.85. The molecule has 0 aliphatic carbocycles. The third-order valence-electron chi connectivity index (χ3n) is 2.74. The monoisotopic (exact) mass is 339 g/mol. The Balaban J connectivity index is 2.71. The molecule has 5 heteroatoms. The predicted octanol–water partition coefficient (Wildman–Crippen LogP) is 2.78. The van der Waals surface area contributed by atoms with E-state index < -0.39 is 12.0 Å². The molecule has 1 rings (SSSR count). The average Bonchev–Trinajstić information content (AvgIpc) is 2.42. The molecular weight excluding hydrogens is 322 g/mol. The number of carbonyl (C=O) groups excluding carboxylic acids is 2. The van der Waals surface area contributed by atoms with Crippen molar-refractivity contribution in [1.82, 2.24) is 5.32 Å². The first-order valence-corrected chi connectivity index (χ1v) is 7.06. The molecule has 0 bridgehead atoms. The number of ether oxygens (including phenoxy) is 1. The zero-order chi connectivity index (χ0) is 15.1. The third kappa shape index (κ3) is 4.81. The number of amides is 1. The molecule has 108 valence electrons. The molecule has 0 aromatic heterocycles. The minimum absolute atomic E-state index is 0.0386. The fraction of sp³-hybridized carbons (Fsp3) is 0.333. The molecule has 1 atom stereocenters. The molecule has 1 aromatic carbocycles. The summed E-state index contributed by atoms with van der Waals surface area (Å²) in [6.07, 6.45) is 3.09. The lowest BCUT2D eigenvalue weighted by molar-refractivity contribution is -0.145. The molecule has 1 amide bonds. The second-order valence-corrected chi connectivity index (χ2v) is 5.46. The van der Waals surface area contributed by atoms with Crippen molar-refractivity contribution in [3.63, 3.8) is 0 Å². The van der Waals surface area contributed by atoms with Crippen LogP contribution in [0, 0.1) is 5.92 Å². The summed E-state index contributed by atoms with van der Waals surface area (Å²) in [4.78, 5) is 23.4. The van der Waals surface area contributed by atoms with Gasteiger partial charge in [0.05, 0.1) is 7.11 Å². The molecule has 0 saturated carbocycles. The molecule has 0 aliphatic rings. The first-order chi connectivity index (χ1) is 9.45. The largest absolute Gasteiger partial charge is 0.467 e. The number of methoxy groups -OCH3 is 1. The van der Waals surface area contributed by atoms with Gasteiger partial charge in [0.1, 0.15) is 6.04 Å². The zero-order valence-corrected chi connectivity index (χ0v) is 13.3. The van der Waals surface area contributed by atoms with Gasteiger partial charge in [-0.15, -0.1) is 0 Å². The summed E-state index contributed by atoms with van der Waals surface area (Å²) >= 11 is 3.40. The van der Waals surface area contributed by atoms with Crippen LogP contribution >= 0.6 is 15.9 Å². The van der Waals surface area contributed by atoms with Gasteiger partial charge in [0.25, 0.3) is 0 Å². The van der Waals surface area contributed by atoms with Crippen LogP contribution in [0.3, 0.4) is 0 Å². The van der Waals surface area contributed by atoms with Gasteiger partial charge in [0, 0.05) is 10.5 Å². The maximum Gasteiger partial charge on any atom is 0.328 e. The normalized spacial score (nSPS) is 12.4. The average molecular weight is 340 g/mol. The van der Waals surface area contributed by atoms with Crippen molar-refractivity contribution in [3.05, 3.63) is 40.4 Å². The van der Waals surface area contributed by atoms with E-state index in [-0.39, 0.29) is 11.8 Å².